The molecule has 0 saturated carbocycles. The fourth-order valence-corrected chi connectivity index (χ4v) is 1.97. The quantitative estimate of drug-likeness (QED) is 0.820. The Labute approximate surface area is 107 Å². The highest BCUT2D eigenvalue weighted by molar-refractivity contribution is 7.80. The fourth-order valence-electron chi connectivity index (χ4n) is 1.47. The molecule has 0 radical (unpaired) electrons. The minimum atomic E-state index is 0.191. The highest BCUT2D eigenvalue weighted by Crippen LogP contribution is 2.23. The van der Waals surface area contributed by atoms with Crippen LogP contribution in [0.3, 0.4) is 0 Å². The molecule has 1 aromatic rings. The maximum Gasteiger partial charge on any atom is 0.121 e. The predicted octanol–water partition coefficient (Wildman–Crippen LogP) is 3.54. The van der Waals surface area contributed by atoms with Gasteiger partial charge in [0.05, 0.1) is 11.1 Å². The van der Waals surface area contributed by atoms with Crippen LogP contribution in [0.15, 0.2) is 18.2 Å². The maximum atomic E-state index is 6.04. The molecule has 0 fully saturated rings. The molecule has 0 aliphatic heterocycles. The lowest BCUT2D eigenvalue weighted by Gasteiger charge is -2.14. The van der Waals surface area contributed by atoms with Crippen molar-refractivity contribution in [1.29, 1.82) is 0 Å². The number of thiocarbonyl (C=S) groups is 1. The normalized spacial score (nSPS) is 12.2. The van der Waals surface area contributed by atoms with Crippen molar-refractivity contribution < 1.29 is 4.74 Å². The van der Waals surface area contributed by atoms with Crippen molar-refractivity contribution in [2.75, 3.05) is 0 Å². The third kappa shape index (κ3) is 3.65. The molecule has 0 bridgehead atoms. The first kappa shape index (κ1) is 13.3. The average Bonchev–Trinajstić information content (AvgIpc) is 2.17. The molecule has 1 unspecified atom stereocenters. The summed E-state index contributed by atoms with van der Waals surface area (Å²) in [5.74, 6) is 0.756. The molecule has 88 valence electrons. The molecule has 2 N–H and O–H groups in total. The Hall–Kier alpha value is -0.800. The van der Waals surface area contributed by atoms with Crippen molar-refractivity contribution in [3.8, 4) is 5.75 Å². The van der Waals surface area contributed by atoms with E-state index in [1.54, 1.807) is 12.1 Å². The topological polar surface area (TPSA) is 35.2 Å². The molecule has 1 rings (SSSR count). The van der Waals surface area contributed by atoms with Crippen molar-refractivity contribution >= 4 is 28.8 Å². The minimum Gasteiger partial charge on any atom is -0.491 e. The van der Waals surface area contributed by atoms with Crippen molar-refractivity contribution in [2.24, 2.45) is 5.73 Å². The SMILES string of the molecule is CCCC(C)Oc1ccc(C(N)=S)c(Cl)c1. The van der Waals surface area contributed by atoms with E-state index in [4.69, 9.17) is 34.3 Å². The van der Waals surface area contributed by atoms with Gasteiger partial charge in [-0.2, -0.15) is 0 Å². The van der Waals surface area contributed by atoms with Crippen LogP contribution in [0.25, 0.3) is 0 Å². The molecule has 0 aliphatic carbocycles. The van der Waals surface area contributed by atoms with E-state index in [-0.39, 0.29) is 6.10 Å². The molecule has 0 aromatic heterocycles. The van der Waals surface area contributed by atoms with Gasteiger partial charge in [0.1, 0.15) is 10.7 Å². The molecule has 0 amide bonds. The summed E-state index contributed by atoms with van der Waals surface area (Å²) < 4.78 is 5.70. The summed E-state index contributed by atoms with van der Waals surface area (Å²) in [6, 6.07) is 5.38. The first-order valence-electron chi connectivity index (χ1n) is 5.30. The molecule has 0 aliphatic rings. The average molecular weight is 258 g/mol. The number of benzene rings is 1. The van der Waals surface area contributed by atoms with Crippen LogP contribution in [0.1, 0.15) is 32.3 Å². The standard InChI is InChI=1S/C12H16ClNOS/c1-3-4-8(2)15-9-5-6-10(12(14)16)11(13)7-9/h5-8H,3-4H2,1-2H3,(H2,14,16). The van der Waals surface area contributed by atoms with E-state index in [9.17, 15) is 0 Å². The predicted molar refractivity (Wildman–Crippen MR) is 72.3 cm³/mol. The van der Waals surface area contributed by atoms with Crippen LogP contribution < -0.4 is 10.5 Å². The van der Waals surface area contributed by atoms with Gasteiger partial charge in [-0.1, -0.05) is 37.2 Å². The zero-order valence-electron chi connectivity index (χ0n) is 9.50. The monoisotopic (exact) mass is 257 g/mol. The molecule has 1 aromatic carbocycles. The lowest BCUT2D eigenvalue weighted by atomic mass is 10.2. The number of halogens is 1. The molecule has 0 saturated heterocycles. The molecule has 0 spiro atoms. The van der Waals surface area contributed by atoms with Gasteiger partial charge in [-0.3, -0.25) is 0 Å². The zero-order chi connectivity index (χ0) is 12.1. The van der Waals surface area contributed by atoms with E-state index in [1.165, 1.54) is 0 Å². The van der Waals surface area contributed by atoms with Crippen LogP contribution in [-0.4, -0.2) is 11.1 Å². The highest BCUT2D eigenvalue weighted by atomic mass is 35.5. The Kier molecular flexibility index (Phi) is 5.03. The Morgan fingerprint density at radius 1 is 1.56 bits per heavy atom. The van der Waals surface area contributed by atoms with E-state index in [0.29, 0.717) is 15.6 Å². The Morgan fingerprint density at radius 3 is 2.75 bits per heavy atom. The summed E-state index contributed by atoms with van der Waals surface area (Å²) in [4.78, 5) is 0.304. The third-order valence-electron chi connectivity index (χ3n) is 2.24. The summed E-state index contributed by atoms with van der Waals surface area (Å²) in [5.41, 5.74) is 6.21. The number of hydrogen-bond acceptors (Lipinski definition) is 2. The summed E-state index contributed by atoms with van der Waals surface area (Å²) in [7, 11) is 0. The lowest BCUT2D eigenvalue weighted by Crippen LogP contribution is -2.12. The summed E-state index contributed by atoms with van der Waals surface area (Å²) in [6.45, 7) is 4.17. The molecule has 0 heterocycles. The second kappa shape index (κ2) is 6.06. The maximum absolute atomic E-state index is 6.04. The molecular weight excluding hydrogens is 242 g/mol. The minimum absolute atomic E-state index is 0.191. The summed E-state index contributed by atoms with van der Waals surface area (Å²) in [5, 5.41) is 0.536. The Morgan fingerprint density at radius 2 is 2.25 bits per heavy atom. The van der Waals surface area contributed by atoms with Gasteiger partial charge in [-0.05, 0) is 31.5 Å². The second-order valence-corrected chi connectivity index (χ2v) is 4.57. The molecular formula is C12H16ClNOS. The third-order valence-corrected chi connectivity index (χ3v) is 2.77. The molecule has 2 nitrogen and oxygen atoms in total. The first-order chi connectivity index (χ1) is 7.54. The van der Waals surface area contributed by atoms with Gasteiger partial charge < -0.3 is 10.5 Å². The van der Waals surface area contributed by atoms with E-state index >= 15 is 0 Å². The largest absolute Gasteiger partial charge is 0.491 e. The van der Waals surface area contributed by atoms with Crippen molar-refractivity contribution in [2.45, 2.75) is 32.8 Å². The van der Waals surface area contributed by atoms with Crippen LogP contribution in [0.5, 0.6) is 5.75 Å². The van der Waals surface area contributed by atoms with E-state index < -0.39 is 0 Å². The lowest BCUT2D eigenvalue weighted by molar-refractivity contribution is 0.210. The van der Waals surface area contributed by atoms with E-state index in [1.807, 2.05) is 13.0 Å². The molecule has 1 atom stereocenters. The van der Waals surface area contributed by atoms with Crippen LogP contribution in [0.4, 0.5) is 0 Å². The van der Waals surface area contributed by atoms with Crippen molar-refractivity contribution in [3.05, 3.63) is 28.8 Å². The number of ether oxygens (including phenoxy) is 1. The number of nitrogens with two attached hydrogens (primary N) is 1. The van der Waals surface area contributed by atoms with Gasteiger partial charge in [0.15, 0.2) is 0 Å². The smallest absolute Gasteiger partial charge is 0.121 e. The van der Waals surface area contributed by atoms with Gasteiger partial charge in [0.2, 0.25) is 0 Å². The Balaban J connectivity index is 2.77. The summed E-state index contributed by atoms with van der Waals surface area (Å²) >= 11 is 10.9. The van der Waals surface area contributed by atoms with Crippen LogP contribution in [0, 0.1) is 0 Å². The molecule has 16 heavy (non-hydrogen) atoms. The number of rotatable bonds is 5. The van der Waals surface area contributed by atoms with Gasteiger partial charge in [0.25, 0.3) is 0 Å². The highest BCUT2D eigenvalue weighted by Gasteiger charge is 2.07. The fraction of sp³-hybridized carbons (Fsp3) is 0.417. The summed E-state index contributed by atoms with van der Waals surface area (Å²) in [6.07, 6.45) is 2.31. The van der Waals surface area contributed by atoms with E-state index in [2.05, 4.69) is 6.92 Å². The van der Waals surface area contributed by atoms with Gasteiger partial charge in [-0.15, -0.1) is 0 Å². The second-order valence-electron chi connectivity index (χ2n) is 3.72. The number of hydrogen-bond donors (Lipinski definition) is 1. The molecule has 4 heteroatoms. The van der Waals surface area contributed by atoms with Crippen molar-refractivity contribution in [3.63, 3.8) is 0 Å². The van der Waals surface area contributed by atoms with Crippen LogP contribution in [0.2, 0.25) is 5.02 Å². The van der Waals surface area contributed by atoms with Crippen LogP contribution in [-0.2, 0) is 0 Å². The van der Waals surface area contributed by atoms with Crippen LogP contribution >= 0.6 is 23.8 Å². The van der Waals surface area contributed by atoms with E-state index in [0.717, 1.165) is 18.6 Å². The van der Waals surface area contributed by atoms with Gasteiger partial charge in [0, 0.05) is 5.56 Å². The van der Waals surface area contributed by atoms with Gasteiger partial charge >= 0.3 is 0 Å². The first-order valence-corrected chi connectivity index (χ1v) is 6.09. The van der Waals surface area contributed by atoms with Gasteiger partial charge in [-0.25, -0.2) is 0 Å². The van der Waals surface area contributed by atoms with Crippen molar-refractivity contribution in [1.82, 2.24) is 0 Å². The Bertz CT molecular complexity index is 381. The zero-order valence-corrected chi connectivity index (χ0v) is 11.1.